The summed E-state index contributed by atoms with van der Waals surface area (Å²) in [6.07, 6.45) is -5.99. The molecule has 0 radical (unpaired) electrons. The molecule has 1 saturated heterocycles. The van der Waals surface area contributed by atoms with Gasteiger partial charge in [0.05, 0.1) is 23.9 Å². The molecule has 0 spiro atoms. The van der Waals surface area contributed by atoms with Crippen LogP contribution in [0, 0.1) is 5.82 Å². The van der Waals surface area contributed by atoms with Crippen LogP contribution < -0.4 is 5.56 Å². The van der Waals surface area contributed by atoms with Crippen LogP contribution in [-0.2, 0) is 10.0 Å². The van der Waals surface area contributed by atoms with Gasteiger partial charge in [-0.15, -0.1) is 0 Å². The van der Waals surface area contributed by atoms with E-state index in [1.165, 1.54) is 30.3 Å². The SMILES string of the molecule is O=c1ccc(-c2cccc(F)c2)nn1C1CN(S(=O)(=O)CCC(F)(F)F)C1. The average Bonchev–Trinajstić information content (AvgIpc) is 2.53. The van der Waals surface area contributed by atoms with Crippen molar-refractivity contribution in [1.29, 1.82) is 0 Å². The van der Waals surface area contributed by atoms with Crippen molar-refractivity contribution in [2.75, 3.05) is 18.8 Å². The van der Waals surface area contributed by atoms with Gasteiger partial charge in [0, 0.05) is 24.7 Å². The number of sulfonamides is 1. The zero-order valence-corrected chi connectivity index (χ0v) is 14.7. The summed E-state index contributed by atoms with van der Waals surface area (Å²) in [5, 5.41) is 4.14. The van der Waals surface area contributed by atoms with E-state index in [2.05, 4.69) is 5.10 Å². The second-order valence-electron chi connectivity index (χ2n) is 6.16. The topological polar surface area (TPSA) is 72.3 Å². The van der Waals surface area contributed by atoms with E-state index >= 15 is 0 Å². The number of aromatic nitrogens is 2. The lowest BCUT2D eigenvalue weighted by atomic mass is 10.1. The highest BCUT2D eigenvalue weighted by molar-refractivity contribution is 7.89. The van der Waals surface area contributed by atoms with Gasteiger partial charge in [-0.05, 0) is 18.2 Å². The van der Waals surface area contributed by atoms with Crippen molar-refractivity contribution in [3.8, 4) is 11.3 Å². The lowest BCUT2D eigenvalue weighted by molar-refractivity contribution is -0.130. The Morgan fingerprint density at radius 2 is 1.85 bits per heavy atom. The Kier molecular flexibility index (Phi) is 5.08. The zero-order valence-electron chi connectivity index (χ0n) is 13.9. The first-order valence-corrected chi connectivity index (χ1v) is 9.56. The molecule has 0 N–H and O–H groups in total. The molecule has 0 atom stereocenters. The molecule has 0 bridgehead atoms. The fraction of sp³-hybridized carbons (Fsp3) is 0.375. The largest absolute Gasteiger partial charge is 0.390 e. The maximum Gasteiger partial charge on any atom is 0.390 e. The van der Waals surface area contributed by atoms with Gasteiger partial charge in [0.15, 0.2) is 0 Å². The summed E-state index contributed by atoms with van der Waals surface area (Å²) in [7, 11) is -4.06. The van der Waals surface area contributed by atoms with Gasteiger partial charge in [-0.1, -0.05) is 12.1 Å². The molecule has 2 heterocycles. The van der Waals surface area contributed by atoms with Crippen LogP contribution in [0.5, 0.6) is 0 Å². The van der Waals surface area contributed by atoms with Crippen molar-refractivity contribution < 1.29 is 26.0 Å². The zero-order chi connectivity index (χ0) is 19.8. The van der Waals surface area contributed by atoms with Gasteiger partial charge in [-0.3, -0.25) is 4.79 Å². The average molecular weight is 405 g/mol. The minimum atomic E-state index is -4.56. The molecule has 2 aromatic rings. The van der Waals surface area contributed by atoms with E-state index in [4.69, 9.17) is 0 Å². The van der Waals surface area contributed by atoms with Crippen LogP contribution in [0.2, 0.25) is 0 Å². The van der Waals surface area contributed by atoms with Crippen molar-refractivity contribution >= 4 is 10.0 Å². The monoisotopic (exact) mass is 405 g/mol. The minimum absolute atomic E-state index is 0.139. The van der Waals surface area contributed by atoms with Gasteiger partial charge >= 0.3 is 6.18 Å². The first kappa shape index (κ1) is 19.5. The molecule has 146 valence electrons. The second kappa shape index (κ2) is 7.04. The van der Waals surface area contributed by atoms with Crippen LogP contribution in [0.25, 0.3) is 11.3 Å². The molecular weight excluding hydrogens is 390 g/mol. The molecule has 3 rings (SSSR count). The predicted molar refractivity (Wildman–Crippen MR) is 89.0 cm³/mol. The third-order valence-electron chi connectivity index (χ3n) is 4.16. The molecule has 1 fully saturated rings. The molecule has 1 aliphatic rings. The molecule has 0 aliphatic carbocycles. The molecule has 1 aliphatic heterocycles. The highest BCUT2D eigenvalue weighted by atomic mass is 32.2. The summed E-state index contributed by atoms with van der Waals surface area (Å²) in [5.74, 6) is -1.51. The maximum absolute atomic E-state index is 13.4. The first-order chi connectivity index (χ1) is 12.5. The van der Waals surface area contributed by atoms with E-state index in [9.17, 15) is 30.8 Å². The molecule has 11 heteroatoms. The molecule has 1 aromatic carbocycles. The Morgan fingerprint density at radius 1 is 1.15 bits per heavy atom. The normalized spacial score (nSPS) is 16.3. The highest BCUT2D eigenvalue weighted by Crippen LogP contribution is 2.27. The van der Waals surface area contributed by atoms with E-state index in [1.807, 2.05) is 0 Å². The highest BCUT2D eigenvalue weighted by Gasteiger charge is 2.40. The smallest absolute Gasteiger partial charge is 0.268 e. The fourth-order valence-corrected chi connectivity index (χ4v) is 4.21. The van der Waals surface area contributed by atoms with Gasteiger partial charge in [0.25, 0.3) is 5.56 Å². The van der Waals surface area contributed by atoms with Crippen LogP contribution in [0.1, 0.15) is 12.5 Å². The lowest BCUT2D eigenvalue weighted by Gasteiger charge is -2.38. The predicted octanol–water partition coefficient (Wildman–Crippen LogP) is 2.19. The van der Waals surface area contributed by atoms with E-state index < -0.39 is 45.8 Å². The van der Waals surface area contributed by atoms with Crippen molar-refractivity contribution in [2.45, 2.75) is 18.6 Å². The molecule has 0 saturated carbocycles. The summed E-state index contributed by atoms with van der Waals surface area (Å²) in [6, 6.07) is 7.65. The number of rotatable bonds is 5. The Bertz CT molecular complexity index is 998. The van der Waals surface area contributed by atoms with Crippen LogP contribution in [0.4, 0.5) is 17.6 Å². The Balaban J connectivity index is 1.74. The quantitative estimate of drug-likeness (QED) is 0.715. The van der Waals surface area contributed by atoms with Gasteiger partial charge in [0.1, 0.15) is 5.82 Å². The van der Waals surface area contributed by atoms with Crippen molar-refractivity contribution in [1.82, 2.24) is 14.1 Å². The number of hydrogen-bond donors (Lipinski definition) is 0. The summed E-state index contributed by atoms with van der Waals surface area (Å²) in [5.41, 5.74) is 0.290. The van der Waals surface area contributed by atoms with Crippen LogP contribution in [0.15, 0.2) is 41.2 Å². The summed E-state index contributed by atoms with van der Waals surface area (Å²) in [6.45, 7) is -0.278. The van der Waals surface area contributed by atoms with E-state index in [1.54, 1.807) is 6.07 Å². The third kappa shape index (κ3) is 4.53. The second-order valence-corrected chi connectivity index (χ2v) is 8.25. The number of alkyl halides is 3. The maximum atomic E-state index is 13.4. The van der Waals surface area contributed by atoms with Gasteiger partial charge in [0.2, 0.25) is 10.0 Å². The molecule has 0 unspecified atom stereocenters. The standard InChI is InChI=1S/C16H15F4N3O3S/c17-12-3-1-2-11(8-12)14-4-5-15(24)23(21-14)13-9-22(10-13)27(25,26)7-6-16(18,19)20/h1-5,8,13H,6-7,9-10H2. The van der Waals surface area contributed by atoms with Crippen LogP contribution in [0.3, 0.4) is 0 Å². The molecular formula is C16H15F4N3O3S. The summed E-state index contributed by atoms with van der Waals surface area (Å²) >= 11 is 0. The Labute approximate surface area is 152 Å². The van der Waals surface area contributed by atoms with E-state index in [0.717, 1.165) is 8.99 Å². The van der Waals surface area contributed by atoms with Gasteiger partial charge < -0.3 is 0 Å². The lowest BCUT2D eigenvalue weighted by Crippen LogP contribution is -2.54. The van der Waals surface area contributed by atoms with Crippen LogP contribution >= 0.6 is 0 Å². The number of nitrogens with zero attached hydrogens (tertiary/aromatic N) is 3. The first-order valence-electron chi connectivity index (χ1n) is 7.95. The minimum Gasteiger partial charge on any atom is -0.268 e. The van der Waals surface area contributed by atoms with Crippen molar-refractivity contribution in [2.24, 2.45) is 0 Å². The van der Waals surface area contributed by atoms with Crippen molar-refractivity contribution in [3.05, 3.63) is 52.6 Å². The Hall–Kier alpha value is -2.27. The molecule has 6 nitrogen and oxygen atoms in total. The van der Waals surface area contributed by atoms with Gasteiger partial charge in [-0.25, -0.2) is 17.5 Å². The molecule has 27 heavy (non-hydrogen) atoms. The van der Waals surface area contributed by atoms with Crippen LogP contribution in [-0.4, -0.2) is 47.5 Å². The molecule has 1 aromatic heterocycles. The summed E-state index contributed by atoms with van der Waals surface area (Å²) < 4.78 is 75.9. The number of halogens is 4. The summed E-state index contributed by atoms with van der Waals surface area (Å²) in [4.78, 5) is 12.0. The van der Waals surface area contributed by atoms with Gasteiger partial charge in [-0.2, -0.15) is 22.6 Å². The van der Waals surface area contributed by atoms with E-state index in [0.29, 0.717) is 11.3 Å². The molecule has 0 amide bonds. The van der Waals surface area contributed by atoms with Crippen molar-refractivity contribution in [3.63, 3.8) is 0 Å². The Morgan fingerprint density at radius 3 is 2.48 bits per heavy atom. The third-order valence-corrected chi connectivity index (χ3v) is 5.96. The fourth-order valence-electron chi connectivity index (χ4n) is 2.66. The number of hydrogen-bond acceptors (Lipinski definition) is 4. The van der Waals surface area contributed by atoms with E-state index in [-0.39, 0.29) is 13.1 Å². The number of benzene rings is 1.